The second kappa shape index (κ2) is 9.19. The zero-order chi connectivity index (χ0) is 20.3. The van der Waals surface area contributed by atoms with E-state index in [0.29, 0.717) is 3.63 Å². The Hall–Kier alpha value is -0.837. The summed E-state index contributed by atoms with van der Waals surface area (Å²) in [6.45, 7) is 9.22. The molecule has 0 nitrogen and oxygen atoms in total. The summed E-state index contributed by atoms with van der Waals surface area (Å²) in [4.78, 5) is 1.68. The second-order valence-corrected chi connectivity index (χ2v) is 12.6. The van der Waals surface area contributed by atoms with E-state index in [0.717, 1.165) is 0 Å². The van der Waals surface area contributed by atoms with Gasteiger partial charge < -0.3 is 24.8 Å². The van der Waals surface area contributed by atoms with Crippen LogP contribution in [0, 0.1) is 0 Å². The fourth-order valence-electron chi connectivity index (χ4n) is 4.80. The SMILES string of the molecule is CCC1=c2c3c(ccc(c3-c3ccc(C(C)(C)C)cc3)p2-c2ccccc2)[CH]1[Zr+2].[Cl-].[Cl-]. The molecule has 0 saturated heterocycles. The van der Waals surface area contributed by atoms with E-state index in [-0.39, 0.29) is 30.2 Å². The molecule has 1 aliphatic carbocycles. The van der Waals surface area contributed by atoms with Crippen LogP contribution in [-0.2, 0) is 30.1 Å². The summed E-state index contributed by atoms with van der Waals surface area (Å²) < 4.78 is 0.632. The number of hydrogen-bond acceptors (Lipinski definition) is 0. The van der Waals surface area contributed by atoms with Crippen LogP contribution in [0.3, 0.4) is 0 Å². The minimum atomic E-state index is -0.438. The monoisotopic (exact) mass is 541 g/mol. The van der Waals surface area contributed by atoms with E-state index in [1.165, 1.54) is 28.4 Å². The standard InChI is InChI=1S/C27H26P.2ClH.Zr/c1-5-18-17-20-13-16-23-24(19-11-14-21(15-12-19)27(2,3)4)25(20)26(18)28(23)22-9-7-6-8-10-22;;;/h6-17H,5H2,1-4H3;2*1H;/q;;;+2/p-2. The van der Waals surface area contributed by atoms with E-state index in [4.69, 9.17) is 0 Å². The average molecular weight is 544 g/mol. The van der Waals surface area contributed by atoms with Crippen molar-refractivity contribution in [1.29, 1.82) is 0 Å². The molecule has 2 atom stereocenters. The minimum Gasteiger partial charge on any atom is -1.00 e. The van der Waals surface area contributed by atoms with E-state index >= 15 is 0 Å². The summed E-state index contributed by atoms with van der Waals surface area (Å²) in [6.07, 6.45) is 1.17. The van der Waals surface area contributed by atoms with Gasteiger partial charge >= 0.3 is 191 Å². The topological polar surface area (TPSA) is 0 Å². The van der Waals surface area contributed by atoms with Gasteiger partial charge in [0.2, 0.25) is 0 Å². The van der Waals surface area contributed by atoms with Crippen LogP contribution >= 0.6 is 7.53 Å². The summed E-state index contributed by atoms with van der Waals surface area (Å²) in [5.41, 5.74) is 7.78. The van der Waals surface area contributed by atoms with Gasteiger partial charge in [-0.15, -0.1) is 0 Å². The van der Waals surface area contributed by atoms with Gasteiger partial charge in [-0.25, -0.2) is 0 Å². The Labute approximate surface area is 214 Å². The zero-order valence-electron chi connectivity index (χ0n) is 18.3. The van der Waals surface area contributed by atoms with Crippen molar-refractivity contribution in [3.8, 4) is 16.4 Å². The first kappa shape index (κ1) is 24.8. The van der Waals surface area contributed by atoms with Crippen molar-refractivity contribution in [1.82, 2.24) is 0 Å². The van der Waals surface area contributed by atoms with Gasteiger partial charge in [0.25, 0.3) is 0 Å². The van der Waals surface area contributed by atoms with Gasteiger partial charge in [-0.2, -0.15) is 0 Å². The third kappa shape index (κ3) is 3.91. The minimum absolute atomic E-state index is 0. The Balaban J connectivity index is 0.00000136. The molecule has 0 radical (unpaired) electrons. The molecule has 3 aromatic carbocycles. The maximum atomic E-state index is 2.45. The maximum absolute atomic E-state index is 2.45. The van der Waals surface area contributed by atoms with E-state index in [2.05, 4.69) is 94.4 Å². The maximum Gasteiger partial charge on any atom is -1.00 e. The zero-order valence-corrected chi connectivity index (χ0v) is 23.2. The van der Waals surface area contributed by atoms with Crippen LogP contribution < -0.4 is 29.8 Å². The van der Waals surface area contributed by atoms with E-state index in [1.54, 1.807) is 51.3 Å². The van der Waals surface area contributed by atoms with Gasteiger partial charge in [-0.05, 0) is 0 Å². The number of rotatable bonds is 3. The van der Waals surface area contributed by atoms with E-state index < -0.39 is 7.53 Å². The number of benzene rings is 3. The van der Waals surface area contributed by atoms with Crippen LogP contribution in [0.2, 0.25) is 0 Å². The van der Waals surface area contributed by atoms with Crippen LogP contribution in [0.4, 0.5) is 0 Å². The van der Waals surface area contributed by atoms with Gasteiger partial charge in [0.05, 0.1) is 0 Å². The Morgan fingerprint density at radius 2 is 1.52 bits per heavy atom. The van der Waals surface area contributed by atoms with Crippen molar-refractivity contribution in [3.05, 3.63) is 82.8 Å². The molecule has 2 bridgehead atoms. The van der Waals surface area contributed by atoms with Gasteiger partial charge in [0.1, 0.15) is 0 Å². The summed E-state index contributed by atoms with van der Waals surface area (Å²) in [5, 5.41) is 4.63. The number of hydrogen-bond donors (Lipinski definition) is 0. The van der Waals surface area contributed by atoms with Crippen molar-refractivity contribution in [2.24, 2.45) is 0 Å². The fourth-order valence-corrected chi connectivity index (χ4v) is 9.52. The van der Waals surface area contributed by atoms with Crippen LogP contribution in [-0.4, -0.2) is 0 Å². The molecule has 157 valence electrons. The summed E-state index contributed by atoms with van der Waals surface area (Å²) in [6, 6.07) is 25.5. The first-order valence-electron chi connectivity index (χ1n) is 10.5. The van der Waals surface area contributed by atoms with Crippen LogP contribution in [0.25, 0.3) is 32.5 Å². The van der Waals surface area contributed by atoms with Crippen molar-refractivity contribution in [2.75, 3.05) is 0 Å². The molecule has 0 spiro atoms. The van der Waals surface area contributed by atoms with Gasteiger partial charge in [-0.3, -0.25) is 0 Å². The third-order valence-corrected chi connectivity index (χ3v) is 10.6. The molecule has 0 saturated carbocycles. The largest absolute Gasteiger partial charge is 1.00 e. The molecular weight excluding hydrogens is 517 g/mol. The molecule has 1 aliphatic rings. The predicted molar refractivity (Wildman–Crippen MR) is 124 cm³/mol. The molecule has 0 fully saturated rings. The van der Waals surface area contributed by atoms with Crippen LogP contribution in [0.5, 0.6) is 0 Å². The van der Waals surface area contributed by atoms with E-state index in [1.807, 2.05) is 0 Å². The first-order chi connectivity index (χ1) is 13.9. The molecule has 1 aromatic heterocycles. The number of halogens is 2. The third-order valence-electron chi connectivity index (χ3n) is 6.32. The Bertz CT molecular complexity index is 1270. The molecule has 2 unspecified atom stereocenters. The van der Waals surface area contributed by atoms with Crippen LogP contribution in [0.1, 0.15) is 48.9 Å². The molecular formula is C27H26Cl2PZr. The molecule has 0 N–H and O–H groups in total. The van der Waals surface area contributed by atoms with Crippen LogP contribution in [0.15, 0.2) is 66.7 Å². The normalized spacial score (nSPS) is 15.7. The summed E-state index contributed by atoms with van der Waals surface area (Å²) >= 11 is 1.62. The Morgan fingerprint density at radius 3 is 2.10 bits per heavy atom. The second-order valence-electron chi connectivity index (χ2n) is 9.08. The predicted octanol–water partition coefficient (Wildman–Crippen LogP) is 1.67. The van der Waals surface area contributed by atoms with Crippen molar-refractivity contribution < 1.29 is 49.5 Å². The smallest absolute Gasteiger partial charge is 1.00 e. The van der Waals surface area contributed by atoms with Gasteiger partial charge in [-0.1, -0.05) is 0 Å². The molecule has 1 heterocycles. The summed E-state index contributed by atoms with van der Waals surface area (Å²) in [5.74, 6) is 0. The Morgan fingerprint density at radius 1 is 0.871 bits per heavy atom. The average Bonchev–Trinajstić information content (AvgIpc) is 3.11. The van der Waals surface area contributed by atoms with Crippen molar-refractivity contribution >= 4 is 23.6 Å². The first-order valence-corrected chi connectivity index (χ1v) is 13.3. The molecule has 5 rings (SSSR count). The Kier molecular flexibility index (Phi) is 7.35. The number of fused-ring (bicyclic) bond motifs is 1. The molecule has 0 aliphatic heterocycles. The molecule has 0 amide bonds. The summed E-state index contributed by atoms with van der Waals surface area (Å²) in [7, 11) is -0.438. The van der Waals surface area contributed by atoms with Gasteiger partial charge in [0.15, 0.2) is 0 Å². The van der Waals surface area contributed by atoms with Crippen molar-refractivity contribution in [3.63, 3.8) is 0 Å². The van der Waals surface area contributed by atoms with Crippen molar-refractivity contribution in [2.45, 2.75) is 43.2 Å². The molecule has 31 heavy (non-hydrogen) atoms. The molecule has 4 heteroatoms. The fraction of sp³-hybridized carbons (Fsp3) is 0.259. The van der Waals surface area contributed by atoms with Gasteiger partial charge in [0, 0.05) is 0 Å². The van der Waals surface area contributed by atoms with E-state index in [9.17, 15) is 0 Å². The quantitative estimate of drug-likeness (QED) is 0.369. The molecule has 4 aromatic rings.